The van der Waals surface area contributed by atoms with Crippen LogP contribution < -0.4 is 31.9 Å². The number of carbonyl (C=O) groups is 6. The van der Waals surface area contributed by atoms with Gasteiger partial charge in [0.05, 0.1) is 18.2 Å². The summed E-state index contributed by atoms with van der Waals surface area (Å²) in [5.41, 5.74) is -0.0612. The average Bonchev–Trinajstić information content (AvgIpc) is 3.47. The van der Waals surface area contributed by atoms with Gasteiger partial charge in [0.25, 0.3) is 5.91 Å². The Hall–Kier alpha value is -4.44. The van der Waals surface area contributed by atoms with Gasteiger partial charge in [-0.3, -0.25) is 29.0 Å². The van der Waals surface area contributed by atoms with E-state index in [1.54, 1.807) is 44.7 Å². The summed E-state index contributed by atoms with van der Waals surface area (Å²) in [7, 11) is 1.25. The molecule has 0 spiro atoms. The first-order valence-electron chi connectivity index (χ1n) is 17.1. The molecule has 16 heteroatoms. The summed E-state index contributed by atoms with van der Waals surface area (Å²) in [5.74, 6) is -2.51. The molecule has 2 saturated heterocycles. The van der Waals surface area contributed by atoms with Crippen LogP contribution in [0.5, 0.6) is 5.75 Å². The van der Waals surface area contributed by atoms with Gasteiger partial charge in [-0.2, -0.15) is 0 Å². The minimum absolute atomic E-state index is 0.0141. The van der Waals surface area contributed by atoms with Crippen molar-refractivity contribution < 1.29 is 39.0 Å². The normalized spacial score (nSPS) is 27.2. The molecule has 8 amide bonds. The van der Waals surface area contributed by atoms with Crippen molar-refractivity contribution in [3.8, 4) is 5.75 Å². The molecular formula is C34H54N8O8. The zero-order valence-corrected chi connectivity index (χ0v) is 30.2. The van der Waals surface area contributed by atoms with Crippen LogP contribution in [0, 0.1) is 5.92 Å². The van der Waals surface area contributed by atoms with Gasteiger partial charge in [-0.1, -0.05) is 26.0 Å². The van der Waals surface area contributed by atoms with Crippen molar-refractivity contribution in [2.75, 3.05) is 13.6 Å². The maximum atomic E-state index is 14.1. The monoisotopic (exact) mass is 702 g/mol. The number of aliphatic hydroxyl groups excluding tert-OH is 1. The van der Waals surface area contributed by atoms with Crippen LogP contribution in [0.3, 0.4) is 0 Å². The highest BCUT2D eigenvalue weighted by atomic mass is 16.3. The summed E-state index contributed by atoms with van der Waals surface area (Å²) >= 11 is 0. The summed E-state index contributed by atoms with van der Waals surface area (Å²) in [6.45, 7) is 12.4. The van der Waals surface area contributed by atoms with Crippen LogP contribution in [0.4, 0.5) is 9.59 Å². The number of rotatable bonds is 6. The Balaban J connectivity index is 2.10. The van der Waals surface area contributed by atoms with Gasteiger partial charge in [-0.25, -0.2) is 9.59 Å². The standard InChI is InChI=1S/C34H54N8O8/c1-18(2)16-25-37-32(49)39-26(20(4)43)29(46)35-19(3)27(30(47)40-34(5,6)7)42-15-9-10-24(42)28(45)36-23(31(48)41(8)33(50)38-25)17-21-11-13-22(44)14-12-21/h11-14,18-20,23-27,43-44H,9-10,15-17H2,1-8H3,(H,35,46)(H,36,45)(H,38,50)(H,40,47)(H2,37,39,49)/t19-,20?,23-,24-,25-,26-,27+/m0/s1. The van der Waals surface area contributed by atoms with E-state index in [2.05, 4.69) is 31.9 Å². The molecule has 16 nitrogen and oxygen atoms in total. The molecule has 0 aromatic heterocycles. The van der Waals surface area contributed by atoms with Gasteiger partial charge in [-0.15, -0.1) is 0 Å². The number of amides is 8. The smallest absolute Gasteiger partial charge is 0.325 e. The van der Waals surface area contributed by atoms with Crippen molar-refractivity contribution in [1.29, 1.82) is 0 Å². The Morgan fingerprint density at radius 1 is 0.960 bits per heavy atom. The number of nitrogens with one attached hydrogen (secondary N) is 6. The lowest BCUT2D eigenvalue weighted by Gasteiger charge is -2.38. The van der Waals surface area contributed by atoms with Gasteiger partial charge >= 0.3 is 12.1 Å². The first-order chi connectivity index (χ1) is 23.3. The second-order valence-electron chi connectivity index (χ2n) is 14.7. The lowest BCUT2D eigenvalue weighted by Crippen LogP contribution is -2.66. The lowest BCUT2D eigenvalue weighted by molar-refractivity contribution is -0.137. The predicted molar refractivity (Wildman–Crippen MR) is 184 cm³/mol. The van der Waals surface area contributed by atoms with E-state index in [1.807, 2.05) is 13.8 Å². The topological polar surface area (TPSA) is 222 Å². The number of carbonyl (C=O) groups excluding carboxylic acids is 6. The van der Waals surface area contributed by atoms with Gasteiger partial charge in [0, 0.05) is 19.0 Å². The number of hydrogen-bond acceptors (Lipinski definition) is 9. The molecular weight excluding hydrogens is 648 g/mol. The highest BCUT2D eigenvalue weighted by molar-refractivity contribution is 5.99. The first kappa shape index (κ1) is 40.0. The van der Waals surface area contributed by atoms with Crippen LogP contribution in [-0.2, 0) is 25.6 Å². The van der Waals surface area contributed by atoms with E-state index >= 15 is 0 Å². The van der Waals surface area contributed by atoms with Crippen LogP contribution in [-0.4, -0.2) is 117 Å². The van der Waals surface area contributed by atoms with Crippen LogP contribution in [0.15, 0.2) is 24.3 Å². The van der Waals surface area contributed by atoms with Crippen molar-refractivity contribution in [2.24, 2.45) is 5.92 Å². The summed E-state index contributed by atoms with van der Waals surface area (Å²) in [6, 6.07) is -1.15. The van der Waals surface area contributed by atoms with Gasteiger partial charge in [0.1, 0.15) is 30.0 Å². The molecule has 1 unspecified atom stereocenters. The SMILES string of the molecule is CC(C)C[C@H]1NC(=O)N[C@@H](C(C)O)C(=O)N[C@@H](C)[C@H](C(=O)NC(C)(C)C)N2CCC[C@H]2C(=O)N[C@@H](Cc2ccc(O)cc2)C(=O)N(C)C(=O)N1. The third-order valence-corrected chi connectivity index (χ3v) is 8.55. The number of phenolic OH excluding ortho intramolecular Hbond substituents is 1. The molecule has 50 heavy (non-hydrogen) atoms. The number of aliphatic hydroxyl groups is 1. The van der Waals surface area contributed by atoms with E-state index < -0.39 is 83.7 Å². The molecule has 8 N–H and O–H groups in total. The van der Waals surface area contributed by atoms with E-state index in [-0.39, 0.29) is 24.5 Å². The number of phenols is 1. The fourth-order valence-electron chi connectivity index (χ4n) is 6.19. The largest absolute Gasteiger partial charge is 0.508 e. The van der Waals surface area contributed by atoms with Crippen LogP contribution in [0.1, 0.15) is 73.3 Å². The molecule has 2 aliphatic rings. The molecule has 0 aliphatic carbocycles. The Morgan fingerprint density at radius 2 is 1.60 bits per heavy atom. The van der Waals surface area contributed by atoms with E-state index in [4.69, 9.17) is 0 Å². The average molecular weight is 703 g/mol. The second kappa shape index (κ2) is 17.0. The maximum absolute atomic E-state index is 14.1. The van der Waals surface area contributed by atoms with Gasteiger partial charge in [0.15, 0.2) is 0 Å². The summed E-state index contributed by atoms with van der Waals surface area (Å²) < 4.78 is 0. The van der Waals surface area contributed by atoms with Crippen LogP contribution >= 0.6 is 0 Å². The fourth-order valence-corrected chi connectivity index (χ4v) is 6.19. The number of imide groups is 1. The molecule has 3 rings (SSSR count). The Labute approximate surface area is 293 Å². The highest BCUT2D eigenvalue weighted by Crippen LogP contribution is 2.24. The molecule has 2 fully saturated rings. The number of benzene rings is 1. The Morgan fingerprint density at radius 3 is 2.18 bits per heavy atom. The molecule has 2 heterocycles. The van der Waals surface area contributed by atoms with Crippen molar-refractivity contribution in [3.05, 3.63) is 29.8 Å². The molecule has 278 valence electrons. The van der Waals surface area contributed by atoms with E-state index in [1.165, 1.54) is 26.1 Å². The molecule has 7 atom stereocenters. The fraction of sp³-hybridized carbons (Fsp3) is 0.647. The van der Waals surface area contributed by atoms with E-state index in [9.17, 15) is 39.0 Å². The Bertz CT molecular complexity index is 1400. The predicted octanol–water partition coefficient (Wildman–Crippen LogP) is 0.274. The van der Waals surface area contributed by atoms with Gasteiger partial charge in [0.2, 0.25) is 17.7 Å². The molecule has 0 radical (unpaired) electrons. The third-order valence-electron chi connectivity index (χ3n) is 8.55. The number of likely N-dealkylation sites (N-methyl/N-ethyl adjacent to an activating group) is 1. The molecule has 2 aliphatic heterocycles. The zero-order chi connectivity index (χ0) is 37.5. The lowest BCUT2D eigenvalue weighted by atomic mass is 10.0. The number of fused-ring (bicyclic) bond motifs is 1. The minimum atomic E-state index is -1.44. The van der Waals surface area contributed by atoms with Crippen LogP contribution in [0.25, 0.3) is 0 Å². The van der Waals surface area contributed by atoms with Gasteiger partial charge in [-0.05, 0) is 84.0 Å². The van der Waals surface area contributed by atoms with E-state index in [0.717, 1.165) is 4.90 Å². The van der Waals surface area contributed by atoms with E-state index in [0.29, 0.717) is 24.9 Å². The molecule has 1 aromatic rings. The number of nitrogens with zero attached hydrogens (tertiary/aromatic N) is 2. The van der Waals surface area contributed by atoms with Crippen LogP contribution in [0.2, 0.25) is 0 Å². The number of urea groups is 2. The van der Waals surface area contributed by atoms with Crippen molar-refractivity contribution in [3.63, 3.8) is 0 Å². The van der Waals surface area contributed by atoms with Crippen molar-refractivity contribution in [2.45, 2.75) is 122 Å². The molecule has 0 bridgehead atoms. The summed E-state index contributed by atoms with van der Waals surface area (Å²) in [5, 5.41) is 36.5. The zero-order valence-electron chi connectivity index (χ0n) is 30.2. The number of hydrogen-bond donors (Lipinski definition) is 8. The third kappa shape index (κ3) is 11.0. The second-order valence-corrected chi connectivity index (χ2v) is 14.7. The van der Waals surface area contributed by atoms with Gasteiger partial charge < -0.3 is 42.1 Å². The first-order valence-corrected chi connectivity index (χ1v) is 17.1. The minimum Gasteiger partial charge on any atom is -0.508 e. The summed E-state index contributed by atoms with van der Waals surface area (Å²) in [4.78, 5) is 84.6. The number of aromatic hydroxyl groups is 1. The van der Waals surface area contributed by atoms with Crippen molar-refractivity contribution in [1.82, 2.24) is 41.7 Å². The Kier molecular flexibility index (Phi) is 13.6. The quantitative estimate of drug-likeness (QED) is 0.204. The van der Waals surface area contributed by atoms with Crippen molar-refractivity contribution >= 4 is 35.7 Å². The molecule has 1 aromatic carbocycles. The highest BCUT2D eigenvalue weighted by Gasteiger charge is 2.44. The maximum Gasteiger partial charge on any atom is 0.325 e. The summed E-state index contributed by atoms with van der Waals surface area (Å²) in [6.07, 6.45) is -1.23. The molecule has 0 saturated carbocycles.